The zero-order valence-corrected chi connectivity index (χ0v) is 24.8. The van der Waals surface area contributed by atoms with E-state index in [1.807, 2.05) is 42.5 Å². The largest absolute Gasteiger partial charge is 0.452 e. The first-order valence-electron chi connectivity index (χ1n) is 15.8. The van der Waals surface area contributed by atoms with Crippen molar-refractivity contribution in [1.29, 1.82) is 5.26 Å². The number of nitrogens with zero attached hydrogens (tertiary/aromatic N) is 3. The van der Waals surface area contributed by atoms with Crippen molar-refractivity contribution < 1.29 is 4.42 Å². The maximum absolute atomic E-state index is 9.74. The van der Waals surface area contributed by atoms with Gasteiger partial charge < -0.3 is 4.42 Å². The molecule has 2 aliphatic carbocycles. The number of fused-ring (bicyclic) bond motifs is 8. The van der Waals surface area contributed by atoms with Crippen LogP contribution in [-0.4, -0.2) is 9.97 Å². The first kappa shape index (κ1) is 25.9. The number of aromatic nitrogens is 2. The molecule has 0 amide bonds. The van der Waals surface area contributed by atoms with Gasteiger partial charge in [0, 0.05) is 21.9 Å². The standard InChI is InChI=1S/C41H29N3O/c42-25-26-17-19-30-31-20-18-28(24-35(31)41(34(30)23-26)21-9-2-10-22-41)29-13-5-6-14-32(29)40-43-37(27-11-3-1-4-12-27)39-38(44-40)33-15-7-8-16-36(33)45-39/h1,3-8,11-20,23-24H,2,9-10,21-22H2. The van der Waals surface area contributed by atoms with Crippen LogP contribution in [-0.2, 0) is 5.41 Å². The lowest BCUT2D eigenvalue weighted by molar-refractivity contribution is 0.353. The molecule has 0 radical (unpaired) electrons. The van der Waals surface area contributed by atoms with E-state index in [4.69, 9.17) is 14.4 Å². The molecule has 7 aromatic rings. The summed E-state index contributed by atoms with van der Waals surface area (Å²) in [7, 11) is 0. The third kappa shape index (κ3) is 3.90. The number of hydrogen-bond donors (Lipinski definition) is 0. The summed E-state index contributed by atoms with van der Waals surface area (Å²) >= 11 is 0. The fraction of sp³-hybridized carbons (Fsp3) is 0.146. The van der Waals surface area contributed by atoms with Crippen LogP contribution in [0.15, 0.2) is 120 Å². The topological polar surface area (TPSA) is 62.7 Å². The highest BCUT2D eigenvalue weighted by Gasteiger charge is 2.44. The highest BCUT2D eigenvalue weighted by molar-refractivity contribution is 6.07. The summed E-state index contributed by atoms with van der Waals surface area (Å²) in [5, 5.41) is 10.7. The molecule has 0 aliphatic heterocycles. The maximum atomic E-state index is 9.74. The molecule has 2 heterocycles. The molecule has 9 rings (SSSR count). The molecule has 214 valence electrons. The summed E-state index contributed by atoms with van der Waals surface area (Å²) in [6, 6.07) is 42.4. The molecule has 1 saturated carbocycles. The van der Waals surface area contributed by atoms with Gasteiger partial charge in [0.25, 0.3) is 0 Å². The van der Waals surface area contributed by atoms with Crippen LogP contribution >= 0.6 is 0 Å². The molecule has 1 fully saturated rings. The molecule has 0 bridgehead atoms. The Morgan fingerprint density at radius 2 is 1.33 bits per heavy atom. The van der Waals surface area contributed by atoms with Crippen LogP contribution in [0.25, 0.3) is 67.0 Å². The van der Waals surface area contributed by atoms with Gasteiger partial charge in [-0.15, -0.1) is 0 Å². The normalized spacial score (nSPS) is 14.8. The van der Waals surface area contributed by atoms with Crippen molar-refractivity contribution in [2.75, 3.05) is 0 Å². The molecule has 0 saturated heterocycles. The second-order valence-corrected chi connectivity index (χ2v) is 12.4. The minimum absolute atomic E-state index is 0.0493. The van der Waals surface area contributed by atoms with Gasteiger partial charge in [-0.3, -0.25) is 0 Å². The molecule has 0 atom stereocenters. The lowest BCUT2D eigenvalue weighted by Crippen LogP contribution is -2.28. The summed E-state index contributed by atoms with van der Waals surface area (Å²) in [5.41, 5.74) is 13.4. The van der Waals surface area contributed by atoms with Gasteiger partial charge in [0.2, 0.25) is 0 Å². The van der Waals surface area contributed by atoms with Gasteiger partial charge in [-0.05, 0) is 76.6 Å². The van der Waals surface area contributed by atoms with Crippen LogP contribution in [0, 0.1) is 11.3 Å². The minimum Gasteiger partial charge on any atom is -0.452 e. The molecule has 2 aliphatic rings. The summed E-state index contributed by atoms with van der Waals surface area (Å²) in [6.45, 7) is 0. The molecule has 5 aromatic carbocycles. The van der Waals surface area contributed by atoms with E-state index in [1.165, 1.54) is 41.5 Å². The Morgan fingerprint density at radius 1 is 0.622 bits per heavy atom. The smallest absolute Gasteiger partial charge is 0.180 e. The minimum atomic E-state index is -0.0493. The molecular weight excluding hydrogens is 550 g/mol. The van der Waals surface area contributed by atoms with Crippen molar-refractivity contribution in [3.63, 3.8) is 0 Å². The van der Waals surface area contributed by atoms with Crippen molar-refractivity contribution in [2.24, 2.45) is 0 Å². The SMILES string of the molecule is N#Cc1ccc2c(c1)C1(CCCCC1)c1cc(-c3ccccc3-c3nc(-c4ccccc4)c4oc5ccccc5c4n3)ccc1-2. The van der Waals surface area contributed by atoms with Gasteiger partial charge in [-0.25, -0.2) is 9.97 Å². The summed E-state index contributed by atoms with van der Waals surface area (Å²) in [4.78, 5) is 10.4. The third-order valence-corrected chi connectivity index (χ3v) is 9.94. The fourth-order valence-electron chi connectivity index (χ4n) is 7.86. The van der Waals surface area contributed by atoms with E-state index in [-0.39, 0.29) is 5.41 Å². The van der Waals surface area contributed by atoms with E-state index >= 15 is 0 Å². The van der Waals surface area contributed by atoms with Gasteiger partial charge in [0.05, 0.1) is 11.6 Å². The maximum Gasteiger partial charge on any atom is 0.180 e. The lowest BCUT2D eigenvalue weighted by Gasteiger charge is -2.36. The van der Waals surface area contributed by atoms with Gasteiger partial charge in [0.15, 0.2) is 11.4 Å². The van der Waals surface area contributed by atoms with E-state index in [2.05, 4.69) is 78.9 Å². The number of hydrogen-bond acceptors (Lipinski definition) is 4. The zero-order chi connectivity index (χ0) is 30.0. The molecule has 2 aromatic heterocycles. The second kappa shape index (κ2) is 10.0. The molecule has 4 heteroatoms. The van der Waals surface area contributed by atoms with Crippen molar-refractivity contribution in [3.05, 3.63) is 132 Å². The Hall–Kier alpha value is -5.53. The molecule has 1 spiro atoms. The quantitative estimate of drug-likeness (QED) is 0.209. The van der Waals surface area contributed by atoms with E-state index in [0.717, 1.165) is 62.8 Å². The summed E-state index contributed by atoms with van der Waals surface area (Å²) in [6.07, 6.45) is 5.89. The molecule has 45 heavy (non-hydrogen) atoms. The second-order valence-electron chi connectivity index (χ2n) is 12.4. The van der Waals surface area contributed by atoms with Gasteiger partial charge in [0.1, 0.15) is 16.8 Å². The highest BCUT2D eigenvalue weighted by atomic mass is 16.3. The van der Waals surface area contributed by atoms with Crippen molar-refractivity contribution >= 4 is 22.1 Å². The molecular formula is C41H29N3O. The lowest BCUT2D eigenvalue weighted by atomic mass is 9.67. The van der Waals surface area contributed by atoms with Crippen LogP contribution in [0.1, 0.15) is 48.8 Å². The van der Waals surface area contributed by atoms with Crippen LogP contribution in [0.4, 0.5) is 0 Å². The first-order valence-corrected chi connectivity index (χ1v) is 15.8. The Morgan fingerprint density at radius 3 is 2.16 bits per heavy atom. The first-order chi connectivity index (χ1) is 22.2. The monoisotopic (exact) mass is 579 g/mol. The molecule has 0 N–H and O–H groups in total. The number of benzene rings is 5. The van der Waals surface area contributed by atoms with Crippen molar-refractivity contribution in [3.8, 4) is 51.0 Å². The zero-order valence-electron chi connectivity index (χ0n) is 24.8. The molecule has 0 unspecified atom stereocenters. The van der Waals surface area contributed by atoms with Gasteiger partial charge in [-0.1, -0.05) is 104 Å². The highest BCUT2D eigenvalue weighted by Crippen LogP contribution is 2.56. The van der Waals surface area contributed by atoms with Crippen LogP contribution < -0.4 is 0 Å². The Balaban J connectivity index is 1.25. The van der Waals surface area contributed by atoms with E-state index < -0.39 is 0 Å². The Kier molecular flexibility index (Phi) is 5.76. The van der Waals surface area contributed by atoms with Gasteiger partial charge in [-0.2, -0.15) is 5.26 Å². The van der Waals surface area contributed by atoms with E-state index in [0.29, 0.717) is 11.4 Å². The van der Waals surface area contributed by atoms with E-state index in [9.17, 15) is 5.26 Å². The average Bonchev–Trinajstić information content (AvgIpc) is 3.61. The number of para-hydroxylation sites is 1. The molecule has 4 nitrogen and oxygen atoms in total. The number of furan rings is 1. The summed E-state index contributed by atoms with van der Waals surface area (Å²) < 4.78 is 6.36. The van der Waals surface area contributed by atoms with Crippen LogP contribution in [0.2, 0.25) is 0 Å². The number of nitriles is 1. The Bertz CT molecular complexity index is 2320. The van der Waals surface area contributed by atoms with E-state index in [1.54, 1.807) is 0 Å². The average molecular weight is 580 g/mol. The fourth-order valence-corrected chi connectivity index (χ4v) is 7.86. The van der Waals surface area contributed by atoms with Crippen molar-refractivity contribution in [2.45, 2.75) is 37.5 Å². The van der Waals surface area contributed by atoms with Crippen LogP contribution in [0.3, 0.4) is 0 Å². The van der Waals surface area contributed by atoms with Crippen molar-refractivity contribution in [1.82, 2.24) is 9.97 Å². The Labute approximate surface area is 261 Å². The van der Waals surface area contributed by atoms with Crippen LogP contribution in [0.5, 0.6) is 0 Å². The third-order valence-electron chi connectivity index (χ3n) is 9.94. The predicted molar refractivity (Wildman–Crippen MR) is 180 cm³/mol. The predicted octanol–water partition coefficient (Wildman–Crippen LogP) is 10.5. The summed E-state index contributed by atoms with van der Waals surface area (Å²) in [5.74, 6) is 0.679. The number of rotatable bonds is 3. The van der Waals surface area contributed by atoms with Gasteiger partial charge >= 0.3 is 0 Å².